The summed E-state index contributed by atoms with van der Waals surface area (Å²) in [5.74, 6) is 5.95. The zero-order valence-corrected chi connectivity index (χ0v) is 18.7. The summed E-state index contributed by atoms with van der Waals surface area (Å²) in [6.45, 7) is 6.05. The zero-order chi connectivity index (χ0) is 21.8. The SMILES string of the molecule is CC(C)=CCN(CC#CC1(O)CCCc2ccccc21)S(=O)(=O)c1ccc(C)cc1. The van der Waals surface area contributed by atoms with Gasteiger partial charge in [0.05, 0.1) is 11.4 Å². The van der Waals surface area contributed by atoms with Crippen LogP contribution in [0.5, 0.6) is 0 Å². The molecule has 1 atom stereocenters. The van der Waals surface area contributed by atoms with Crippen molar-refractivity contribution in [2.45, 2.75) is 50.5 Å². The average Bonchev–Trinajstić information content (AvgIpc) is 2.71. The molecule has 1 unspecified atom stereocenters. The predicted molar refractivity (Wildman–Crippen MR) is 120 cm³/mol. The van der Waals surface area contributed by atoms with Gasteiger partial charge in [-0.15, -0.1) is 0 Å². The molecule has 5 heteroatoms. The molecule has 0 saturated carbocycles. The summed E-state index contributed by atoms with van der Waals surface area (Å²) < 4.78 is 27.7. The summed E-state index contributed by atoms with van der Waals surface area (Å²) in [5.41, 5.74) is 2.75. The van der Waals surface area contributed by atoms with Crippen LogP contribution in [0.4, 0.5) is 0 Å². The first-order valence-electron chi connectivity index (χ1n) is 10.2. The summed E-state index contributed by atoms with van der Waals surface area (Å²) in [4.78, 5) is 0.249. The molecule has 0 radical (unpaired) electrons. The monoisotopic (exact) mass is 423 g/mol. The molecular formula is C25H29NO3S. The highest BCUT2D eigenvalue weighted by molar-refractivity contribution is 7.89. The number of nitrogens with zero attached hydrogens (tertiary/aromatic N) is 1. The van der Waals surface area contributed by atoms with E-state index in [0.29, 0.717) is 6.42 Å². The van der Waals surface area contributed by atoms with Gasteiger partial charge in [-0.3, -0.25) is 0 Å². The van der Waals surface area contributed by atoms with Gasteiger partial charge in [0.25, 0.3) is 0 Å². The van der Waals surface area contributed by atoms with Crippen LogP contribution < -0.4 is 0 Å². The fraction of sp³-hybridized carbons (Fsp3) is 0.360. The Labute approximate surface area is 180 Å². The standard InChI is InChI=1S/C25H29NO3S/c1-20(2)15-19-26(30(28,29)23-13-11-21(3)12-14-23)18-7-17-25(27)16-6-9-22-8-4-5-10-24(22)25/h4-5,8,10-15,27H,6,9,16,18-19H2,1-3H3. The molecule has 0 saturated heterocycles. The van der Waals surface area contributed by atoms with E-state index in [-0.39, 0.29) is 18.0 Å². The molecule has 1 aliphatic rings. The van der Waals surface area contributed by atoms with Crippen LogP contribution in [0.25, 0.3) is 0 Å². The molecule has 0 amide bonds. The van der Waals surface area contributed by atoms with Crippen molar-refractivity contribution >= 4 is 10.0 Å². The lowest BCUT2D eigenvalue weighted by atomic mass is 9.79. The second-order valence-corrected chi connectivity index (χ2v) is 10.0. The molecule has 0 aliphatic heterocycles. The molecule has 1 N–H and O–H groups in total. The molecule has 0 heterocycles. The lowest BCUT2D eigenvalue weighted by Gasteiger charge is -2.30. The van der Waals surface area contributed by atoms with Crippen LogP contribution in [0.3, 0.4) is 0 Å². The maximum Gasteiger partial charge on any atom is 0.244 e. The molecule has 4 nitrogen and oxygen atoms in total. The van der Waals surface area contributed by atoms with Crippen molar-refractivity contribution in [1.82, 2.24) is 4.31 Å². The van der Waals surface area contributed by atoms with E-state index in [1.54, 1.807) is 24.3 Å². The van der Waals surface area contributed by atoms with Gasteiger partial charge >= 0.3 is 0 Å². The van der Waals surface area contributed by atoms with E-state index in [9.17, 15) is 13.5 Å². The number of fused-ring (bicyclic) bond motifs is 1. The summed E-state index contributed by atoms with van der Waals surface area (Å²) in [6, 6.07) is 14.6. The lowest BCUT2D eigenvalue weighted by Crippen LogP contribution is -2.33. The van der Waals surface area contributed by atoms with Crippen molar-refractivity contribution in [1.29, 1.82) is 0 Å². The number of sulfonamides is 1. The van der Waals surface area contributed by atoms with Gasteiger partial charge in [0.15, 0.2) is 5.60 Å². The number of benzene rings is 2. The van der Waals surface area contributed by atoms with Crippen molar-refractivity contribution in [3.63, 3.8) is 0 Å². The molecule has 2 aromatic carbocycles. The normalized spacial score (nSPS) is 18.3. The number of allylic oxidation sites excluding steroid dienone is 1. The number of rotatable bonds is 5. The Hall–Kier alpha value is -2.39. The first kappa shape index (κ1) is 22.3. The van der Waals surface area contributed by atoms with Crippen LogP contribution in [0, 0.1) is 18.8 Å². The van der Waals surface area contributed by atoms with Crippen molar-refractivity contribution in [2.75, 3.05) is 13.1 Å². The number of aryl methyl sites for hydroxylation is 2. The molecule has 158 valence electrons. The van der Waals surface area contributed by atoms with E-state index in [1.807, 2.05) is 51.1 Å². The highest BCUT2D eigenvalue weighted by Crippen LogP contribution is 2.34. The van der Waals surface area contributed by atoms with Gasteiger partial charge in [-0.2, -0.15) is 4.31 Å². The number of aliphatic hydroxyl groups is 1. The second-order valence-electron chi connectivity index (χ2n) is 8.06. The third-order valence-electron chi connectivity index (χ3n) is 5.36. The van der Waals surface area contributed by atoms with Gasteiger partial charge in [0, 0.05) is 6.54 Å². The quantitative estimate of drug-likeness (QED) is 0.580. The van der Waals surface area contributed by atoms with Gasteiger partial charge in [0.2, 0.25) is 10.0 Å². The minimum absolute atomic E-state index is 0.0183. The fourth-order valence-corrected chi connectivity index (χ4v) is 4.89. The third-order valence-corrected chi connectivity index (χ3v) is 7.19. The van der Waals surface area contributed by atoms with Gasteiger partial charge < -0.3 is 5.11 Å². The number of hydrogen-bond donors (Lipinski definition) is 1. The topological polar surface area (TPSA) is 57.6 Å². The van der Waals surface area contributed by atoms with Crippen molar-refractivity contribution in [3.8, 4) is 11.8 Å². The average molecular weight is 424 g/mol. The lowest BCUT2D eigenvalue weighted by molar-refractivity contribution is 0.0803. The van der Waals surface area contributed by atoms with E-state index < -0.39 is 15.6 Å². The summed E-state index contributed by atoms with van der Waals surface area (Å²) in [6.07, 6.45) is 4.20. The summed E-state index contributed by atoms with van der Waals surface area (Å²) in [7, 11) is -3.69. The maximum atomic E-state index is 13.2. The molecular weight excluding hydrogens is 394 g/mol. The van der Waals surface area contributed by atoms with Gasteiger partial charge in [0.1, 0.15) is 0 Å². The van der Waals surface area contributed by atoms with Gasteiger partial charge in [-0.05, 0) is 63.3 Å². The van der Waals surface area contributed by atoms with E-state index in [2.05, 4.69) is 11.8 Å². The van der Waals surface area contributed by atoms with E-state index in [0.717, 1.165) is 35.1 Å². The minimum Gasteiger partial charge on any atom is -0.373 e. The molecule has 0 aromatic heterocycles. The van der Waals surface area contributed by atoms with Crippen LogP contribution in [0.1, 0.15) is 43.4 Å². The smallest absolute Gasteiger partial charge is 0.244 e. The van der Waals surface area contributed by atoms with Crippen LogP contribution >= 0.6 is 0 Å². The Morgan fingerprint density at radius 1 is 1.17 bits per heavy atom. The van der Waals surface area contributed by atoms with Crippen LogP contribution in [-0.4, -0.2) is 30.9 Å². The molecule has 1 aliphatic carbocycles. The molecule has 0 fully saturated rings. The van der Waals surface area contributed by atoms with Crippen LogP contribution in [-0.2, 0) is 22.0 Å². The highest BCUT2D eigenvalue weighted by atomic mass is 32.2. The predicted octanol–water partition coefficient (Wildman–Crippen LogP) is 4.18. The minimum atomic E-state index is -3.69. The van der Waals surface area contributed by atoms with Crippen LogP contribution in [0.2, 0.25) is 0 Å². The Balaban J connectivity index is 1.89. The zero-order valence-electron chi connectivity index (χ0n) is 17.9. The maximum absolute atomic E-state index is 13.2. The highest BCUT2D eigenvalue weighted by Gasteiger charge is 2.32. The molecule has 0 spiro atoms. The first-order valence-corrected chi connectivity index (χ1v) is 11.7. The molecule has 3 rings (SSSR count). The summed E-state index contributed by atoms with van der Waals surface area (Å²) >= 11 is 0. The van der Waals surface area contributed by atoms with E-state index in [1.165, 1.54) is 4.31 Å². The Morgan fingerprint density at radius 2 is 1.87 bits per heavy atom. The molecule has 30 heavy (non-hydrogen) atoms. The van der Waals surface area contributed by atoms with Crippen molar-refractivity contribution in [2.24, 2.45) is 0 Å². The summed E-state index contributed by atoms with van der Waals surface area (Å²) in [5, 5.41) is 11.2. The van der Waals surface area contributed by atoms with Gasteiger partial charge in [-0.1, -0.05) is 65.5 Å². The first-order chi connectivity index (χ1) is 14.2. The number of hydrogen-bond acceptors (Lipinski definition) is 3. The third kappa shape index (κ3) is 5.02. The fourth-order valence-electron chi connectivity index (χ4n) is 3.61. The van der Waals surface area contributed by atoms with Crippen LogP contribution in [0.15, 0.2) is 65.1 Å². The molecule has 2 aromatic rings. The largest absolute Gasteiger partial charge is 0.373 e. The van der Waals surface area contributed by atoms with Crippen molar-refractivity contribution < 1.29 is 13.5 Å². The Kier molecular flexibility index (Phi) is 6.82. The van der Waals surface area contributed by atoms with Gasteiger partial charge in [-0.25, -0.2) is 8.42 Å². The Morgan fingerprint density at radius 3 is 2.57 bits per heavy atom. The molecule has 0 bridgehead atoms. The van der Waals surface area contributed by atoms with Crippen molar-refractivity contribution in [3.05, 3.63) is 76.9 Å². The Bertz CT molecular complexity index is 1090. The second kappa shape index (κ2) is 9.18. The van der Waals surface area contributed by atoms with E-state index >= 15 is 0 Å². The van der Waals surface area contributed by atoms with E-state index in [4.69, 9.17) is 0 Å².